The molecule has 2 saturated carbocycles. The number of hydrogen-bond donors (Lipinski definition) is 2. The molecule has 2 fully saturated rings. The Morgan fingerprint density at radius 3 is 2.54 bits per heavy atom. The van der Waals surface area contributed by atoms with E-state index in [0.29, 0.717) is 11.2 Å². The SMILES string of the molecule is Cc1ccc(SC2CCCC2)c(C(=O)NC2CCC(CO)CC2)c1. The summed E-state index contributed by atoms with van der Waals surface area (Å²) < 4.78 is 0. The summed E-state index contributed by atoms with van der Waals surface area (Å²) in [6.07, 6.45) is 9.16. The Hall–Kier alpha value is -1.00. The van der Waals surface area contributed by atoms with Crippen molar-refractivity contribution in [1.29, 1.82) is 0 Å². The fraction of sp³-hybridized carbons (Fsp3) is 0.650. The molecule has 1 amide bonds. The van der Waals surface area contributed by atoms with Crippen molar-refractivity contribution in [3.05, 3.63) is 29.3 Å². The number of carbonyl (C=O) groups is 1. The van der Waals surface area contributed by atoms with Crippen LogP contribution in [0, 0.1) is 12.8 Å². The number of rotatable bonds is 5. The number of aliphatic hydroxyl groups excluding tert-OH is 1. The third kappa shape index (κ3) is 4.54. The van der Waals surface area contributed by atoms with Gasteiger partial charge in [0.2, 0.25) is 0 Å². The molecule has 24 heavy (non-hydrogen) atoms. The second-order valence-electron chi connectivity index (χ2n) is 7.40. The molecule has 0 saturated heterocycles. The summed E-state index contributed by atoms with van der Waals surface area (Å²) in [6.45, 7) is 2.33. The molecule has 0 heterocycles. The van der Waals surface area contributed by atoms with Gasteiger partial charge in [-0.2, -0.15) is 0 Å². The molecule has 2 N–H and O–H groups in total. The number of aryl methyl sites for hydroxylation is 1. The van der Waals surface area contributed by atoms with Crippen molar-refractivity contribution in [2.24, 2.45) is 5.92 Å². The first-order valence-corrected chi connectivity index (χ1v) is 10.2. The van der Waals surface area contributed by atoms with Gasteiger partial charge in [0, 0.05) is 22.8 Å². The number of amides is 1. The maximum absolute atomic E-state index is 12.8. The lowest BCUT2D eigenvalue weighted by molar-refractivity contribution is 0.0911. The highest BCUT2D eigenvalue weighted by Gasteiger charge is 2.24. The summed E-state index contributed by atoms with van der Waals surface area (Å²) in [5.74, 6) is 0.497. The topological polar surface area (TPSA) is 49.3 Å². The predicted octanol–water partition coefficient (Wildman–Crippen LogP) is 4.31. The van der Waals surface area contributed by atoms with Gasteiger partial charge in [-0.1, -0.05) is 24.5 Å². The van der Waals surface area contributed by atoms with Gasteiger partial charge in [-0.05, 0) is 63.5 Å². The second-order valence-corrected chi connectivity index (χ2v) is 8.74. The lowest BCUT2D eigenvalue weighted by Gasteiger charge is -2.28. The Morgan fingerprint density at radius 1 is 1.17 bits per heavy atom. The van der Waals surface area contributed by atoms with Crippen molar-refractivity contribution in [2.45, 2.75) is 74.5 Å². The molecule has 0 radical (unpaired) electrons. The zero-order valence-electron chi connectivity index (χ0n) is 14.6. The van der Waals surface area contributed by atoms with Gasteiger partial charge in [-0.3, -0.25) is 4.79 Å². The summed E-state index contributed by atoms with van der Waals surface area (Å²) in [6, 6.07) is 6.52. The third-order valence-corrected chi connectivity index (χ3v) is 6.83. The molecule has 0 bridgehead atoms. The summed E-state index contributed by atoms with van der Waals surface area (Å²) in [4.78, 5) is 14.0. The van der Waals surface area contributed by atoms with Crippen molar-refractivity contribution in [1.82, 2.24) is 5.32 Å². The molecule has 0 unspecified atom stereocenters. The third-order valence-electron chi connectivity index (χ3n) is 5.42. The molecule has 4 heteroatoms. The van der Waals surface area contributed by atoms with Crippen molar-refractivity contribution in [2.75, 3.05) is 6.61 Å². The van der Waals surface area contributed by atoms with Gasteiger partial charge in [0.1, 0.15) is 0 Å². The zero-order chi connectivity index (χ0) is 16.9. The fourth-order valence-electron chi connectivity index (χ4n) is 3.86. The minimum atomic E-state index is 0.0756. The molecule has 0 spiro atoms. The van der Waals surface area contributed by atoms with Crippen LogP contribution in [0.2, 0.25) is 0 Å². The van der Waals surface area contributed by atoms with Crippen LogP contribution >= 0.6 is 11.8 Å². The first kappa shape index (κ1) is 17.8. The molecular weight excluding hydrogens is 318 g/mol. The molecule has 3 nitrogen and oxygen atoms in total. The van der Waals surface area contributed by atoms with Crippen molar-refractivity contribution in [3.63, 3.8) is 0 Å². The van der Waals surface area contributed by atoms with Gasteiger partial charge >= 0.3 is 0 Å². The van der Waals surface area contributed by atoms with Crippen molar-refractivity contribution >= 4 is 17.7 Å². The smallest absolute Gasteiger partial charge is 0.252 e. The van der Waals surface area contributed by atoms with Gasteiger partial charge in [-0.15, -0.1) is 11.8 Å². The average molecular weight is 348 g/mol. The Morgan fingerprint density at radius 2 is 1.88 bits per heavy atom. The molecule has 2 aliphatic carbocycles. The molecule has 0 aromatic heterocycles. The number of nitrogens with one attached hydrogen (secondary N) is 1. The number of thioether (sulfide) groups is 1. The highest BCUT2D eigenvalue weighted by atomic mass is 32.2. The van der Waals surface area contributed by atoms with Crippen molar-refractivity contribution in [3.8, 4) is 0 Å². The van der Waals surface area contributed by atoms with E-state index in [-0.39, 0.29) is 18.6 Å². The van der Waals surface area contributed by atoms with E-state index in [1.54, 1.807) is 0 Å². The Labute approximate surface area is 149 Å². The van der Waals surface area contributed by atoms with Crippen LogP contribution in [0.1, 0.15) is 67.3 Å². The Kier molecular flexibility index (Phi) is 6.23. The number of benzene rings is 1. The van der Waals surface area contributed by atoms with Crippen LogP contribution in [0.3, 0.4) is 0 Å². The largest absolute Gasteiger partial charge is 0.396 e. The van der Waals surface area contributed by atoms with E-state index < -0.39 is 0 Å². The van der Waals surface area contributed by atoms with Gasteiger partial charge < -0.3 is 10.4 Å². The lowest BCUT2D eigenvalue weighted by atomic mass is 9.86. The molecule has 132 valence electrons. The molecule has 2 aliphatic rings. The monoisotopic (exact) mass is 347 g/mol. The van der Waals surface area contributed by atoms with Crippen LogP contribution < -0.4 is 5.32 Å². The van der Waals surface area contributed by atoms with Crippen LogP contribution in [-0.4, -0.2) is 28.9 Å². The van der Waals surface area contributed by atoms with Gasteiger partial charge in [0.15, 0.2) is 0 Å². The van der Waals surface area contributed by atoms with Gasteiger partial charge in [0.25, 0.3) is 5.91 Å². The normalized spacial score (nSPS) is 24.9. The molecular formula is C20H29NO2S. The maximum atomic E-state index is 12.8. The van der Waals surface area contributed by atoms with Crippen LogP contribution in [-0.2, 0) is 0 Å². The summed E-state index contributed by atoms with van der Waals surface area (Å²) in [5, 5.41) is 13.2. The molecule has 3 rings (SSSR count). The quantitative estimate of drug-likeness (QED) is 0.834. The van der Waals surface area contributed by atoms with E-state index in [9.17, 15) is 9.90 Å². The van der Waals surface area contributed by atoms with Gasteiger partial charge in [-0.25, -0.2) is 0 Å². The van der Waals surface area contributed by atoms with E-state index in [0.717, 1.165) is 41.7 Å². The maximum Gasteiger partial charge on any atom is 0.252 e. The highest BCUT2D eigenvalue weighted by molar-refractivity contribution is 8.00. The number of hydrogen-bond acceptors (Lipinski definition) is 3. The Balaban J connectivity index is 1.65. The summed E-state index contributed by atoms with van der Waals surface area (Å²) in [5.41, 5.74) is 1.98. The first-order valence-electron chi connectivity index (χ1n) is 9.34. The standard InChI is InChI=1S/C20H29NO2S/c1-14-6-11-19(24-17-4-2-3-5-17)18(12-14)20(23)21-16-9-7-15(13-22)8-10-16/h6,11-12,15-17,22H,2-5,7-10,13H2,1H3,(H,21,23). The second kappa shape index (κ2) is 8.39. The van der Waals surface area contributed by atoms with Crippen LogP contribution in [0.15, 0.2) is 23.1 Å². The Bertz CT molecular complexity index is 561. The van der Waals surface area contributed by atoms with Crippen LogP contribution in [0.5, 0.6) is 0 Å². The van der Waals surface area contributed by atoms with E-state index in [1.807, 2.05) is 24.8 Å². The number of aliphatic hydroxyl groups is 1. The van der Waals surface area contributed by atoms with Crippen molar-refractivity contribution < 1.29 is 9.90 Å². The summed E-state index contributed by atoms with van der Waals surface area (Å²) >= 11 is 1.89. The zero-order valence-corrected chi connectivity index (χ0v) is 15.4. The van der Waals surface area contributed by atoms with E-state index in [2.05, 4.69) is 17.4 Å². The van der Waals surface area contributed by atoms with Crippen LogP contribution in [0.25, 0.3) is 0 Å². The first-order chi connectivity index (χ1) is 11.7. The van der Waals surface area contributed by atoms with Crippen LogP contribution in [0.4, 0.5) is 0 Å². The predicted molar refractivity (Wildman–Crippen MR) is 99.6 cm³/mol. The highest BCUT2D eigenvalue weighted by Crippen LogP contribution is 2.36. The average Bonchev–Trinajstić information content (AvgIpc) is 3.10. The molecule has 0 aliphatic heterocycles. The molecule has 1 aromatic rings. The minimum Gasteiger partial charge on any atom is -0.396 e. The fourth-order valence-corrected chi connectivity index (χ4v) is 5.22. The van der Waals surface area contributed by atoms with E-state index >= 15 is 0 Å². The summed E-state index contributed by atoms with van der Waals surface area (Å²) in [7, 11) is 0. The number of carbonyl (C=O) groups excluding carboxylic acids is 1. The minimum absolute atomic E-state index is 0.0756. The van der Waals surface area contributed by atoms with Gasteiger partial charge in [0.05, 0.1) is 5.56 Å². The molecule has 1 aromatic carbocycles. The molecule has 0 atom stereocenters. The lowest BCUT2D eigenvalue weighted by Crippen LogP contribution is -2.38. The van der Waals surface area contributed by atoms with E-state index in [1.165, 1.54) is 25.7 Å². The van der Waals surface area contributed by atoms with E-state index in [4.69, 9.17) is 0 Å².